The Morgan fingerprint density at radius 1 is 1.14 bits per heavy atom. The molecule has 0 spiro atoms. The Hall–Kier alpha value is -2.49. The first-order valence-electron chi connectivity index (χ1n) is 7.17. The molecule has 0 radical (unpaired) electrons. The highest BCUT2D eigenvalue weighted by Gasteiger charge is 2.08. The van der Waals surface area contributed by atoms with Crippen molar-refractivity contribution in [1.29, 1.82) is 0 Å². The first-order chi connectivity index (χ1) is 10.1. The van der Waals surface area contributed by atoms with Crippen molar-refractivity contribution < 1.29 is 4.79 Å². The fourth-order valence-electron chi connectivity index (χ4n) is 2.09. The molecule has 4 heteroatoms. The van der Waals surface area contributed by atoms with Crippen molar-refractivity contribution in [3.63, 3.8) is 0 Å². The van der Waals surface area contributed by atoms with E-state index in [4.69, 9.17) is 5.73 Å². The zero-order valence-electron chi connectivity index (χ0n) is 12.4. The zero-order chi connectivity index (χ0) is 15.2. The van der Waals surface area contributed by atoms with Crippen molar-refractivity contribution in [1.82, 2.24) is 5.32 Å². The number of aryl methyl sites for hydroxylation is 1. The van der Waals surface area contributed by atoms with Gasteiger partial charge in [0.1, 0.15) is 0 Å². The summed E-state index contributed by atoms with van der Waals surface area (Å²) in [6, 6.07) is 13.4. The van der Waals surface area contributed by atoms with Gasteiger partial charge >= 0.3 is 0 Å². The second-order valence-electron chi connectivity index (χ2n) is 4.84. The molecule has 2 aromatic carbocycles. The number of nitrogen functional groups attached to an aromatic ring is 1. The predicted molar refractivity (Wildman–Crippen MR) is 88.0 cm³/mol. The van der Waals surface area contributed by atoms with Gasteiger partial charge in [-0.15, -0.1) is 0 Å². The maximum absolute atomic E-state index is 11.9. The van der Waals surface area contributed by atoms with Gasteiger partial charge < -0.3 is 16.4 Å². The van der Waals surface area contributed by atoms with Gasteiger partial charge in [-0.2, -0.15) is 0 Å². The number of carbonyl (C=O) groups is 1. The van der Waals surface area contributed by atoms with Gasteiger partial charge in [0.2, 0.25) is 0 Å². The largest absolute Gasteiger partial charge is 0.397 e. The first-order valence-corrected chi connectivity index (χ1v) is 7.17. The fraction of sp³-hybridized carbons (Fsp3) is 0.235. The van der Waals surface area contributed by atoms with Gasteiger partial charge in [0.15, 0.2) is 0 Å². The molecule has 0 saturated carbocycles. The highest BCUT2D eigenvalue weighted by molar-refractivity contribution is 5.96. The number of carbonyl (C=O) groups excluding carboxylic acids is 1. The number of rotatable bonds is 5. The van der Waals surface area contributed by atoms with Gasteiger partial charge in [0.25, 0.3) is 5.91 Å². The molecule has 0 unspecified atom stereocenters. The molecule has 21 heavy (non-hydrogen) atoms. The molecule has 2 aromatic rings. The maximum atomic E-state index is 11.9. The topological polar surface area (TPSA) is 67.2 Å². The summed E-state index contributed by atoms with van der Waals surface area (Å²) in [4.78, 5) is 11.9. The van der Waals surface area contributed by atoms with Gasteiger partial charge in [-0.3, -0.25) is 4.79 Å². The summed E-state index contributed by atoms with van der Waals surface area (Å²) in [6.45, 7) is 4.61. The van der Waals surface area contributed by atoms with Gasteiger partial charge in [-0.1, -0.05) is 19.1 Å². The molecule has 0 atom stereocenters. The standard InChI is InChI=1S/C17H21N3O/c1-3-12-6-5-7-14(10-12)20-16-11-13(8-9-15(16)18)17(21)19-4-2/h5-11,20H,3-4,18H2,1-2H3,(H,19,21). The average molecular weight is 283 g/mol. The van der Waals surface area contributed by atoms with Crippen molar-refractivity contribution >= 4 is 23.0 Å². The molecule has 0 aliphatic rings. The van der Waals surface area contributed by atoms with Crippen LogP contribution in [0.2, 0.25) is 0 Å². The summed E-state index contributed by atoms with van der Waals surface area (Å²) < 4.78 is 0. The lowest BCUT2D eigenvalue weighted by molar-refractivity contribution is 0.0956. The van der Waals surface area contributed by atoms with E-state index in [1.54, 1.807) is 18.2 Å². The Morgan fingerprint density at radius 2 is 1.95 bits per heavy atom. The number of nitrogens with one attached hydrogen (secondary N) is 2. The number of amides is 1. The van der Waals surface area contributed by atoms with Crippen LogP contribution in [-0.4, -0.2) is 12.5 Å². The predicted octanol–water partition coefficient (Wildman–Crippen LogP) is 3.32. The fourth-order valence-corrected chi connectivity index (χ4v) is 2.09. The second kappa shape index (κ2) is 6.79. The van der Waals surface area contributed by atoms with Crippen molar-refractivity contribution in [3.05, 3.63) is 53.6 Å². The lowest BCUT2D eigenvalue weighted by atomic mass is 10.1. The molecule has 4 nitrogen and oxygen atoms in total. The number of nitrogens with two attached hydrogens (primary N) is 1. The number of hydrogen-bond donors (Lipinski definition) is 3. The van der Waals surface area contributed by atoms with Gasteiger partial charge in [0.05, 0.1) is 11.4 Å². The molecule has 0 saturated heterocycles. The third kappa shape index (κ3) is 3.75. The van der Waals surface area contributed by atoms with Crippen molar-refractivity contribution in [2.75, 3.05) is 17.6 Å². The van der Waals surface area contributed by atoms with Crippen LogP contribution >= 0.6 is 0 Å². The van der Waals surface area contributed by atoms with Gasteiger partial charge in [0, 0.05) is 17.8 Å². The van der Waals surface area contributed by atoms with Crippen molar-refractivity contribution in [3.8, 4) is 0 Å². The minimum Gasteiger partial charge on any atom is -0.397 e. The molecule has 0 fully saturated rings. The minimum absolute atomic E-state index is 0.0946. The average Bonchev–Trinajstić information content (AvgIpc) is 2.50. The van der Waals surface area contributed by atoms with E-state index in [9.17, 15) is 4.79 Å². The highest BCUT2D eigenvalue weighted by Crippen LogP contribution is 2.25. The van der Waals surface area contributed by atoms with Gasteiger partial charge in [-0.05, 0) is 49.2 Å². The van der Waals surface area contributed by atoms with Crippen LogP contribution in [0.1, 0.15) is 29.8 Å². The Kier molecular flexibility index (Phi) is 4.82. The third-order valence-corrected chi connectivity index (χ3v) is 3.27. The number of anilines is 3. The van der Waals surface area contributed by atoms with E-state index in [1.165, 1.54) is 5.56 Å². The number of hydrogen-bond acceptors (Lipinski definition) is 3. The first kappa shape index (κ1) is 14.9. The van der Waals surface area contributed by atoms with Crippen LogP contribution in [0, 0.1) is 0 Å². The van der Waals surface area contributed by atoms with Crippen LogP contribution in [0.4, 0.5) is 17.1 Å². The van der Waals surface area contributed by atoms with Crippen LogP contribution < -0.4 is 16.4 Å². The third-order valence-electron chi connectivity index (χ3n) is 3.27. The molecular weight excluding hydrogens is 262 g/mol. The monoisotopic (exact) mass is 283 g/mol. The summed E-state index contributed by atoms with van der Waals surface area (Å²) >= 11 is 0. The molecule has 0 aromatic heterocycles. The summed E-state index contributed by atoms with van der Waals surface area (Å²) in [5.74, 6) is -0.0946. The molecule has 1 amide bonds. The van der Waals surface area contributed by atoms with Crippen LogP contribution in [0.25, 0.3) is 0 Å². The van der Waals surface area contributed by atoms with E-state index in [1.807, 2.05) is 19.1 Å². The lowest BCUT2D eigenvalue weighted by Crippen LogP contribution is -2.22. The van der Waals surface area contributed by atoms with Crippen LogP contribution in [0.15, 0.2) is 42.5 Å². The van der Waals surface area contributed by atoms with Crippen LogP contribution in [0.5, 0.6) is 0 Å². The molecule has 0 aliphatic carbocycles. The summed E-state index contributed by atoms with van der Waals surface area (Å²) in [6.07, 6.45) is 0.976. The Balaban J connectivity index is 2.26. The lowest BCUT2D eigenvalue weighted by Gasteiger charge is -2.12. The molecule has 4 N–H and O–H groups in total. The molecule has 2 rings (SSSR count). The Labute approximate surface area is 125 Å². The van der Waals surface area contributed by atoms with E-state index in [-0.39, 0.29) is 5.91 Å². The quantitative estimate of drug-likeness (QED) is 0.737. The van der Waals surface area contributed by atoms with Gasteiger partial charge in [-0.25, -0.2) is 0 Å². The van der Waals surface area contributed by atoms with Crippen LogP contribution in [-0.2, 0) is 6.42 Å². The maximum Gasteiger partial charge on any atom is 0.251 e. The minimum atomic E-state index is -0.0946. The van der Waals surface area contributed by atoms with E-state index in [2.05, 4.69) is 29.7 Å². The molecular formula is C17H21N3O. The van der Waals surface area contributed by atoms with Crippen LogP contribution in [0.3, 0.4) is 0 Å². The SMILES string of the molecule is CCNC(=O)c1ccc(N)c(Nc2cccc(CC)c2)c1. The summed E-state index contributed by atoms with van der Waals surface area (Å²) in [7, 11) is 0. The molecule has 0 bridgehead atoms. The summed E-state index contributed by atoms with van der Waals surface area (Å²) in [5, 5.41) is 6.06. The highest BCUT2D eigenvalue weighted by atomic mass is 16.1. The Bertz CT molecular complexity index is 638. The van der Waals surface area contributed by atoms with E-state index >= 15 is 0 Å². The smallest absolute Gasteiger partial charge is 0.251 e. The second-order valence-corrected chi connectivity index (χ2v) is 4.84. The molecule has 0 aliphatic heterocycles. The number of benzene rings is 2. The normalized spacial score (nSPS) is 10.2. The zero-order valence-corrected chi connectivity index (χ0v) is 12.4. The van der Waals surface area contributed by atoms with E-state index in [0.29, 0.717) is 17.8 Å². The summed E-state index contributed by atoms with van der Waals surface area (Å²) in [5.41, 5.74) is 10.2. The van der Waals surface area contributed by atoms with Crippen molar-refractivity contribution in [2.45, 2.75) is 20.3 Å². The Morgan fingerprint density at radius 3 is 2.67 bits per heavy atom. The van der Waals surface area contributed by atoms with E-state index < -0.39 is 0 Å². The molecule has 0 heterocycles. The molecule has 110 valence electrons. The van der Waals surface area contributed by atoms with E-state index in [0.717, 1.165) is 17.8 Å². The van der Waals surface area contributed by atoms with Crippen molar-refractivity contribution in [2.24, 2.45) is 0 Å².